The van der Waals surface area contributed by atoms with Crippen LogP contribution >= 0.6 is 0 Å². The molecular weight excluding hydrogens is 248 g/mol. The van der Waals surface area contributed by atoms with E-state index in [1.165, 1.54) is 0 Å². The quantitative estimate of drug-likeness (QED) is 0.894. The maximum absolute atomic E-state index is 12.4. The predicted molar refractivity (Wildman–Crippen MR) is 85.9 cm³/mol. The molecule has 0 saturated heterocycles. The van der Waals surface area contributed by atoms with E-state index in [0.29, 0.717) is 13.0 Å². The van der Waals surface area contributed by atoms with Gasteiger partial charge < -0.3 is 10.6 Å². The number of nitrogens with zero attached hydrogens (tertiary/aromatic N) is 1. The van der Waals surface area contributed by atoms with Crippen LogP contribution in [0.25, 0.3) is 0 Å². The van der Waals surface area contributed by atoms with Crippen LogP contribution in [-0.4, -0.2) is 18.5 Å². The van der Waals surface area contributed by atoms with Crippen molar-refractivity contribution in [1.82, 2.24) is 0 Å². The van der Waals surface area contributed by atoms with Gasteiger partial charge in [-0.25, -0.2) is 0 Å². The van der Waals surface area contributed by atoms with Crippen molar-refractivity contribution in [3.63, 3.8) is 0 Å². The molecule has 2 N–H and O–H groups in total. The molecule has 1 rings (SSSR count). The van der Waals surface area contributed by atoms with Gasteiger partial charge in [0, 0.05) is 24.7 Å². The number of hydrogen-bond donors (Lipinski definition) is 1. The van der Waals surface area contributed by atoms with Crippen molar-refractivity contribution < 1.29 is 4.79 Å². The summed E-state index contributed by atoms with van der Waals surface area (Å²) in [6, 6.07) is 7.95. The molecular formula is C17H28N2O. The van der Waals surface area contributed by atoms with Crippen LogP contribution in [-0.2, 0) is 4.79 Å². The molecule has 0 aliphatic heterocycles. The highest BCUT2D eigenvalue weighted by Gasteiger charge is 2.21. The maximum atomic E-state index is 12.4. The van der Waals surface area contributed by atoms with Gasteiger partial charge in [-0.05, 0) is 43.4 Å². The zero-order valence-corrected chi connectivity index (χ0v) is 13.4. The number of amides is 1. The van der Waals surface area contributed by atoms with Crippen LogP contribution in [0, 0.1) is 12.3 Å². The number of carbonyl (C=O) groups excluding carboxylic acids is 1. The highest BCUT2D eigenvalue weighted by molar-refractivity contribution is 5.93. The Bertz CT molecular complexity index is 449. The van der Waals surface area contributed by atoms with Crippen molar-refractivity contribution in [2.75, 3.05) is 11.4 Å². The van der Waals surface area contributed by atoms with Crippen LogP contribution in [0.1, 0.15) is 46.1 Å². The minimum Gasteiger partial charge on any atom is -0.327 e. The Morgan fingerprint density at radius 2 is 2.00 bits per heavy atom. The van der Waals surface area contributed by atoms with Crippen LogP contribution in [0.15, 0.2) is 24.3 Å². The summed E-state index contributed by atoms with van der Waals surface area (Å²) in [5, 5.41) is 0. The third-order valence-corrected chi connectivity index (χ3v) is 3.24. The average molecular weight is 276 g/mol. The molecule has 3 nitrogen and oxygen atoms in total. The standard InChI is InChI=1S/C17H28N2O/c1-6-19(15-9-7-8-13(2)10-15)16(20)11-14(18)12-17(3,4)5/h7-10,14H,6,11-12,18H2,1-5H3. The summed E-state index contributed by atoms with van der Waals surface area (Å²) >= 11 is 0. The second-order valence-electron chi connectivity index (χ2n) is 6.71. The van der Waals surface area contributed by atoms with E-state index in [-0.39, 0.29) is 17.4 Å². The molecule has 1 aromatic rings. The first-order valence-electron chi connectivity index (χ1n) is 7.35. The molecule has 3 heteroatoms. The Kier molecular flexibility index (Phi) is 5.75. The van der Waals surface area contributed by atoms with E-state index in [1.807, 2.05) is 43.0 Å². The van der Waals surface area contributed by atoms with Crippen molar-refractivity contribution in [2.24, 2.45) is 11.1 Å². The highest BCUT2D eigenvalue weighted by Crippen LogP contribution is 2.22. The lowest BCUT2D eigenvalue weighted by Gasteiger charge is -2.26. The van der Waals surface area contributed by atoms with Gasteiger partial charge in [-0.2, -0.15) is 0 Å². The fraction of sp³-hybridized carbons (Fsp3) is 0.588. The summed E-state index contributed by atoms with van der Waals surface area (Å²) < 4.78 is 0. The number of nitrogens with two attached hydrogens (primary N) is 1. The SMILES string of the molecule is CCN(C(=O)CC(N)CC(C)(C)C)c1cccc(C)c1. The summed E-state index contributed by atoms with van der Waals surface area (Å²) in [5.41, 5.74) is 8.39. The van der Waals surface area contributed by atoms with Gasteiger partial charge in [0.15, 0.2) is 0 Å². The van der Waals surface area contributed by atoms with E-state index in [4.69, 9.17) is 5.73 Å². The Morgan fingerprint density at radius 3 is 2.50 bits per heavy atom. The second kappa shape index (κ2) is 6.89. The molecule has 0 aromatic heterocycles. The molecule has 0 saturated carbocycles. The smallest absolute Gasteiger partial charge is 0.228 e. The molecule has 0 bridgehead atoms. The first kappa shape index (κ1) is 16.7. The molecule has 1 unspecified atom stereocenters. The van der Waals surface area contributed by atoms with Crippen molar-refractivity contribution >= 4 is 11.6 Å². The van der Waals surface area contributed by atoms with Crippen LogP contribution in [0.2, 0.25) is 0 Å². The van der Waals surface area contributed by atoms with E-state index < -0.39 is 0 Å². The van der Waals surface area contributed by atoms with E-state index in [9.17, 15) is 4.79 Å². The first-order valence-corrected chi connectivity index (χ1v) is 7.35. The monoisotopic (exact) mass is 276 g/mol. The van der Waals surface area contributed by atoms with Crippen molar-refractivity contribution in [3.8, 4) is 0 Å². The summed E-state index contributed by atoms with van der Waals surface area (Å²) in [6.45, 7) is 11.1. The lowest BCUT2D eigenvalue weighted by molar-refractivity contribution is -0.119. The van der Waals surface area contributed by atoms with Gasteiger partial charge in [-0.15, -0.1) is 0 Å². The van der Waals surface area contributed by atoms with Gasteiger partial charge in [0.2, 0.25) is 5.91 Å². The second-order valence-corrected chi connectivity index (χ2v) is 6.71. The van der Waals surface area contributed by atoms with Gasteiger partial charge in [-0.3, -0.25) is 4.79 Å². The molecule has 0 aliphatic rings. The molecule has 0 spiro atoms. The lowest BCUT2D eigenvalue weighted by atomic mass is 9.87. The summed E-state index contributed by atoms with van der Waals surface area (Å²) in [6.07, 6.45) is 1.25. The van der Waals surface area contributed by atoms with Gasteiger partial charge >= 0.3 is 0 Å². The van der Waals surface area contributed by atoms with Gasteiger partial charge in [0.25, 0.3) is 0 Å². The Hall–Kier alpha value is -1.35. The molecule has 1 atom stereocenters. The number of anilines is 1. The van der Waals surface area contributed by atoms with Crippen LogP contribution < -0.4 is 10.6 Å². The molecule has 0 heterocycles. The molecule has 1 aromatic carbocycles. The third kappa shape index (κ3) is 5.33. The third-order valence-electron chi connectivity index (χ3n) is 3.24. The largest absolute Gasteiger partial charge is 0.327 e. The summed E-state index contributed by atoms with van der Waals surface area (Å²) in [7, 11) is 0. The first-order chi connectivity index (χ1) is 9.23. The number of carbonyl (C=O) groups is 1. The van der Waals surface area contributed by atoms with E-state index in [2.05, 4.69) is 20.8 Å². The molecule has 1 amide bonds. The maximum Gasteiger partial charge on any atom is 0.228 e. The van der Waals surface area contributed by atoms with E-state index in [1.54, 1.807) is 0 Å². The van der Waals surface area contributed by atoms with E-state index in [0.717, 1.165) is 17.7 Å². The van der Waals surface area contributed by atoms with Crippen molar-refractivity contribution in [2.45, 2.75) is 53.5 Å². The van der Waals surface area contributed by atoms with Crippen LogP contribution in [0.3, 0.4) is 0 Å². The Morgan fingerprint density at radius 1 is 1.35 bits per heavy atom. The molecule has 20 heavy (non-hydrogen) atoms. The summed E-state index contributed by atoms with van der Waals surface area (Å²) in [5.74, 6) is 0.106. The van der Waals surface area contributed by atoms with Gasteiger partial charge in [0.05, 0.1) is 0 Å². The summed E-state index contributed by atoms with van der Waals surface area (Å²) in [4.78, 5) is 14.2. The van der Waals surface area contributed by atoms with Crippen molar-refractivity contribution in [1.29, 1.82) is 0 Å². The Balaban J connectivity index is 2.73. The van der Waals surface area contributed by atoms with Gasteiger partial charge in [-0.1, -0.05) is 32.9 Å². The highest BCUT2D eigenvalue weighted by atomic mass is 16.2. The molecule has 0 fully saturated rings. The van der Waals surface area contributed by atoms with E-state index >= 15 is 0 Å². The zero-order valence-electron chi connectivity index (χ0n) is 13.4. The normalized spacial score (nSPS) is 13.1. The lowest BCUT2D eigenvalue weighted by Crippen LogP contribution is -2.37. The predicted octanol–water partition coefficient (Wildman–Crippen LogP) is 3.50. The van der Waals surface area contributed by atoms with Crippen LogP contribution in [0.5, 0.6) is 0 Å². The van der Waals surface area contributed by atoms with Gasteiger partial charge in [0.1, 0.15) is 0 Å². The average Bonchev–Trinajstić information content (AvgIpc) is 2.26. The molecule has 0 aliphatic carbocycles. The number of aryl methyl sites for hydroxylation is 1. The molecule has 0 radical (unpaired) electrons. The molecule has 112 valence electrons. The minimum atomic E-state index is -0.0821. The number of benzene rings is 1. The fourth-order valence-electron chi connectivity index (χ4n) is 2.49. The van der Waals surface area contributed by atoms with Crippen molar-refractivity contribution in [3.05, 3.63) is 29.8 Å². The topological polar surface area (TPSA) is 46.3 Å². The fourth-order valence-corrected chi connectivity index (χ4v) is 2.49. The van der Waals surface area contributed by atoms with Crippen LogP contribution in [0.4, 0.5) is 5.69 Å². The Labute approximate surface area is 123 Å². The minimum absolute atomic E-state index is 0.0821. The zero-order chi connectivity index (χ0) is 15.3. The number of hydrogen-bond acceptors (Lipinski definition) is 2. The number of rotatable bonds is 5.